The first-order valence-corrected chi connectivity index (χ1v) is 6.79. The summed E-state index contributed by atoms with van der Waals surface area (Å²) < 4.78 is 1.05. The molecule has 0 aromatic heterocycles. The van der Waals surface area contributed by atoms with Crippen LogP contribution in [0.25, 0.3) is 0 Å². The van der Waals surface area contributed by atoms with Crippen LogP contribution in [0.2, 0.25) is 0 Å². The van der Waals surface area contributed by atoms with Crippen LogP contribution in [0.1, 0.15) is 20.3 Å². The molecule has 4 heteroatoms. The molecule has 0 amide bonds. The predicted octanol–water partition coefficient (Wildman–Crippen LogP) is 3.17. The Hall–Kier alpha value is -0.740. The number of hydrogen-bond donors (Lipinski definition) is 2. The van der Waals surface area contributed by atoms with Crippen LogP contribution in [0.15, 0.2) is 22.7 Å². The number of anilines is 2. The lowest BCUT2D eigenvalue weighted by Gasteiger charge is -2.21. The van der Waals surface area contributed by atoms with E-state index in [9.17, 15) is 0 Å². The van der Waals surface area contributed by atoms with Crippen LogP contribution in [-0.2, 0) is 0 Å². The third kappa shape index (κ3) is 4.96. The summed E-state index contributed by atoms with van der Waals surface area (Å²) in [7, 11) is 2.15. The van der Waals surface area contributed by atoms with Gasteiger partial charge in [0.1, 0.15) is 0 Å². The fourth-order valence-electron chi connectivity index (χ4n) is 1.49. The summed E-state index contributed by atoms with van der Waals surface area (Å²) in [5.74, 6) is 0. The summed E-state index contributed by atoms with van der Waals surface area (Å²) >= 11 is 3.44. The molecule has 17 heavy (non-hydrogen) atoms. The first-order chi connectivity index (χ1) is 8.00. The molecule has 1 aromatic rings. The van der Waals surface area contributed by atoms with E-state index in [2.05, 4.69) is 47.0 Å². The quantitative estimate of drug-likeness (QED) is 0.626. The largest absolute Gasteiger partial charge is 0.397 e. The Labute approximate surface area is 113 Å². The Bertz CT molecular complexity index is 353. The summed E-state index contributed by atoms with van der Waals surface area (Å²) in [5.41, 5.74) is 7.69. The summed E-state index contributed by atoms with van der Waals surface area (Å²) in [6, 6.07) is 6.48. The summed E-state index contributed by atoms with van der Waals surface area (Å²) in [6.45, 7) is 6.45. The second-order valence-electron chi connectivity index (χ2n) is 4.59. The molecule has 0 atom stereocenters. The predicted molar refractivity (Wildman–Crippen MR) is 79.4 cm³/mol. The van der Waals surface area contributed by atoms with Gasteiger partial charge in [-0.25, -0.2) is 0 Å². The van der Waals surface area contributed by atoms with Gasteiger partial charge in [-0.3, -0.25) is 0 Å². The van der Waals surface area contributed by atoms with E-state index >= 15 is 0 Å². The summed E-state index contributed by atoms with van der Waals surface area (Å²) in [4.78, 5) is 2.34. The van der Waals surface area contributed by atoms with Crippen molar-refractivity contribution in [2.24, 2.45) is 0 Å². The van der Waals surface area contributed by atoms with E-state index in [0.29, 0.717) is 6.04 Å². The monoisotopic (exact) mass is 299 g/mol. The van der Waals surface area contributed by atoms with Gasteiger partial charge in [0.05, 0.1) is 11.4 Å². The van der Waals surface area contributed by atoms with Crippen LogP contribution < -0.4 is 11.1 Å². The van der Waals surface area contributed by atoms with E-state index in [1.807, 2.05) is 18.2 Å². The van der Waals surface area contributed by atoms with Crippen LogP contribution in [0.4, 0.5) is 11.4 Å². The van der Waals surface area contributed by atoms with Crippen molar-refractivity contribution in [1.82, 2.24) is 4.90 Å². The highest BCUT2D eigenvalue weighted by atomic mass is 79.9. The Kier molecular flexibility index (Phi) is 5.78. The lowest BCUT2D eigenvalue weighted by Crippen LogP contribution is -2.28. The highest BCUT2D eigenvalue weighted by Gasteiger charge is 2.03. The van der Waals surface area contributed by atoms with Crippen molar-refractivity contribution in [3.63, 3.8) is 0 Å². The molecule has 1 aromatic carbocycles. The van der Waals surface area contributed by atoms with Gasteiger partial charge < -0.3 is 16.0 Å². The number of halogens is 1. The van der Waals surface area contributed by atoms with E-state index in [1.54, 1.807) is 0 Å². The zero-order chi connectivity index (χ0) is 12.8. The molecule has 0 bridgehead atoms. The van der Waals surface area contributed by atoms with E-state index < -0.39 is 0 Å². The highest BCUT2D eigenvalue weighted by molar-refractivity contribution is 9.10. The Morgan fingerprint density at radius 3 is 2.76 bits per heavy atom. The van der Waals surface area contributed by atoms with Gasteiger partial charge in [0, 0.05) is 17.1 Å². The zero-order valence-corrected chi connectivity index (χ0v) is 12.4. The number of nitrogens with zero attached hydrogens (tertiary/aromatic N) is 1. The van der Waals surface area contributed by atoms with Gasteiger partial charge in [-0.15, -0.1) is 0 Å². The van der Waals surface area contributed by atoms with Crippen molar-refractivity contribution in [1.29, 1.82) is 0 Å². The summed E-state index contributed by atoms with van der Waals surface area (Å²) in [5, 5.41) is 3.37. The molecule has 0 heterocycles. The first kappa shape index (κ1) is 14.3. The first-order valence-electron chi connectivity index (χ1n) is 6.00. The van der Waals surface area contributed by atoms with Gasteiger partial charge in [0.2, 0.25) is 0 Å². The third-order valence-corrected chi connectivity index (χ3v) is 3.39. The van der Waals surface area contributed by atoms with Gasteiger partial charge in [0.15, 0.2) is 0 Å². The van der Waals surface area contributed by atoms with Crippen molar-refractivity contribution < 1.29 is 0 Å². The van der Waals surface area contributed by atoms with Gasteiger partial charge >= 0.3 is 0 Å². The van der Waals surface area contributed by atoms with Crippen molar-refractivity contribution in [3.05, 3.63) is 22.7 Å². The normalized spacial score (nSPS) is 11.2. The molecule has 3 nitrogen and oxygen atoms in total. The highest BCUT2D eigenvalue weighted by Crippen LogP contribution is 2.23. The summed E-state index contributed by atoms with van der Waals surface area (Å²) in [6.07, 6.45) is 1.11. The molecule has 3 N–H and O–H groups in total. The van der Waals surface area contributed by atoms with E-state index in [-0.39, 0.29) is 0 Å². The van der Waals surface area contributed by atoms with Crippen molar-refractivity contribution in [2.45, 2.75) is 26.3 Å². The number of nitrogens with one attached hydrogen (secondary N) is 1. The number of nitrogen functional groups attached to an aromatic ring is 1. The molecule has 96 valence electrons. The smallest absolute Gasteiger partial charge is 0.0585 e. The van der Waals surface area contributed by atoms with Crippen LogP contribution in [-0.4, -0.2) is 31.1 Å². The Balaban J connectivity index is 2.33. The fourth-order valence-corrected chi connectivity index (χ4v) is 1.85. The number of nitrogens with two attached hydrogens (primary N) is 1. The van der Waals surface area contributed by atoms with Gasteiger partial charge in [0.25, 0.3) is 0 Å². The molecule has 0 spiro atoms. The lowest BCUT2D eigenvalue weighted by molar-refractivity contribution is 0.273. The molecular formula is C13H22BrN3. The van der Waals surface area contributed by atoms with E-state index in [1.165, 1.54) is 0 Å². The molecule has 0 saturated carbocycles. The molecule has 0 radical (unpaired) electrons. The number of rotatable bonds is 6. The molecule has 0 fully saturated rings. The average molecular weight is 300 g/mol. The third-order valence-electron chi connectivity index (χ3n) is 2.90. The van der Waals surface area contributed by atoms with Crippen molar-refractivity contribution in [2.75, 3.05) is 31.2 Å². The second-order valence-corrected chi connectivity index (χ2v) is 5.50. The minimum absolute atomic E-state index is 0.603. The number of hydrogen-bond acceptors (Lipinski definition) is 3. The maximum absolute atomic E-state index is 5.89. The van der Waals surface area contributed by atoms with Crippen LogP contribution >= 0.6 is 15.9 Å². The molecule has 0 saturated heterocycles. The molecule has 1 rings (SSSR count). The minimum atomic E-state index is 0.603. The molecule has 0 aliphatic heterocycles. The second kappa shape index (κ2) is 6.87. The lowest BCUT2D eigenvalue weighted by atomic mass is 10.2. The van der Waals surface area contributed by atoms with E-state index in [4.69, 9.17) is 5.73 Å². The van der Waals surface area contributed by atoms with Crippen LogP contribution in [0.5, 0.6) is 0 Å². The van der Waals surface area contributed by atoms with Crippen molar-refractivity contribution in [3.8, 4) is 0 Å². The van der Waals surface area contributed by atoms with Crippen molar-refractivity contribution >= 4 is 27.3 Å². The fraction of sp³-hybridized carbons (Fsp3) is 0.538. The van der Waals surface area contributed by atoms with Gasteiger partial charge in [-0.2, -0.15) is 0 Å². The molecular weight excluding hydrogens is 278 g/mol. The van der Waals surface area contributed by atoms with Gasteiger partial charge in [-0.1, -0.05) is 15.9 Å². The maximum Gasteiger partial charge on any atom is 0.0585 e. The molecule has 0 aliphatic carbocycles. The Morgan fingerprint density at radius 1 is 1.41 bits per heavy atom. The zero-order valence-electron chi connectivity index (χ0n) is 10.8. The topological polar surface area (TPSA) is 41.3 Å². The molecule has 0 unspecified atom stereocenters. The SMILES string of the molecule is CC(C)N(C)CCCNc1cc(Br)ccc1N. The standard InChI is InChI=1S/C13H22BrN3/c1-10(2)17(3)8-4-7-16-13-9-11(14)5-6-12(13)15/h5-6,9-10,16H,4,7-8,15H2,1-3H3. The minimum Gasteiger partial charge on any atom is -0.397 e. The van der Waals surface area contributed by atoms with Gasteiger partial charge in [-0.05, 0) is 52.1 Å². The molecule has 0 aliphatic rings. The maximum atomic E-state index is 5.89. The number of benzene rings is 1. The Morgan fingerprint density at radius 2 is 2.12 bits per heavy atom. The average Bonchev–Trinajstić information content (AvgIpc) is 2.28. The van der Waals surface area contributed by atoms with Crippen LogP contribution in [0, 0.1) is 0 Å². The van der Waals surface area contributed by atoms with E-state index in [0.717, 1.165) is 35.4 Å². The van der Waals surface area contributed by atoms with Crippen LogP contribution in [0.3, 0.4) is 0 Å².